The van der Waals surface area contributed by atoms with Gasteiger partial charge in [-0.3, -0.25) is 0 Å². The van der Waals surface area contributed by atoms with Crippen LogP contribution in [0, 0.1) is 6.92 Å². The van der Waals surface area contributed by atoms with Crippen molar-refractivity contribution in [2.24, 2.45) is 0 Å². The Morgan fingerprint density at radius 1 is 1.50 bits per heavy atom. The molecule has 0 saturated carbocycles. The van der Waals surface area contributed by atoms with Gasteiger partial charge in [0.1, 0.15) is 5.82 Å². The smallest absolute Gasteiger partial charge is 0.105 e. The number of aromatic nitrogens is 2. The first-order valence-corrected chi connectivity index (χ1v) is 5.10. The molecule has 0 bridgehead atoms. The summed E-state index contributed by atoms with van der Waals surface area (Å²) in [5.41, 5.74) is 0. The minimum Gasteiger partial charge on any atom is -0.380 e. The second-order valence-corrected chi connectivity index (χ2v) is 3.11. The van der Waals surface area contributed by atoms with Crippen LogP contribution in [0.1, 0.15) is 12.7 Å². The van der Waals surface area contributed by atoms with Crippen molar-refractivity contribution < 1.29 is 4.74 Å². The molecule has 1 aromatic rings. The summed E-state index contributed by atoms with van der Waals surface area (Å²) >= 11 is 0. The molecule has 0 radical (unpaired) electrons. The standard InChI is InChI=1S/C10H19N3O/c1-3-14-9-6-11-4-7-13-8-5-12-10(13)2/h5,8,11H,3-4,6-7,9H2,1-2H3. The third kappa shape index (κ3) is 3.89. The van der Waals surface area contributed by atoms with Gasteiger partial charge < -0.3 is 14.6 Å². The second-order valence-electron chi connectivity index (χ2n) is 3.11. The number of ether oxygens (including phenoxy) is 1. The third-order valence-electron chi connectivity index (χ3n) is 2.08. The van der Waals surface area contributed by atoms with Crippen molar-refractivity contribution in [2.45, 2.75) is 20.4 Å². The average Bonchev–Trinajstić information content (AvgIpc) is 2.58. The Balaban J connectivity index is 2.02. The predicted molar refractivity (Wildman–Crippen MR) is 56.3 cm³/mol. The molecule has 0 amide bonds. The number of hydrogen-bond acceptors (Lipinski definition) is 3. The molecule has 80 valence electrons. The lowest BCUT2D eigenvalue weighted by molar-refractivity contribution is 0.149. The summed E-state index contributed by atoms with van der Waals surface area (Å²) in [4.78, 5) is 4.16. The van der Waals surface area contributed by atoms with Gasteiger partial charge in [0, 0.05) is 38.6 Å². The fourth-order valence-electron chi connectivity index (χ4n) is 1.25. The lowest BCUT2D eigenvalue weighted by Crippen LogP contribution is -2.24. The quantitative estimate of drug-likeness (QED) is 0.658. The molecule has 1 rings (SSSR count). The summed E-state index contributed by atoms with van der Waals surface area (Å²) in [7, 11) is 0. The molecule has 0 aliphatic carbocycles. The van der Waals surface area contributed by atoms with E-state index in [0.717, 1.165) is 38.7 Å². The van der Waals surface area contributed by atoms with Crippen LogP contribution in [0.2, 0.25) is 0 Å². The zero-order chi connectivity index (χ0) is 10.2. The van der Waals surface area contributed by atoms with Gasteiger partial charge in [-0.2, -0.15) is 0 Å². The third-order valence-corrected chi connectivity index (χ3v) is 2.08. The van der Waals surface area contributed by atoms with E-state index in [0.29, 0.717) is 0 Å². The fraction of sp³-hybridized carbons (Fsp3) is 0.700. The zero-order valence-electron chi connectivity index (χ0n) is 8.99. The predicted octanol–water partition coefficient (Wildman–Crippen LogP) is 0.818. The first kappa shape index (κ1) is 11.2. The number of nitrogens with one attached hydrogen (secondary N) is 1. The van der Waals surface area contributed by atoms with Gasteiger partial charge in [0.25, 0.3) is 0 Å². The highest BCUT2D eigenvalue weighted by Crippen LogP contribution is 1.92. The van der Waals surface area contributed by atoms with Crippen LogP contribution >= 0.6 is 0 Å². The molecular weight excluding hydrogens is 178 g/mol. The highest BCUT2D eigenvalue weighted by Gasteiger charge is 1.94. The minimum atomic E-state index is 0.791. The van der Waals surface area contributed by atoms with Gasteiger partial charge >= 0.3 is 0 Å². The molecule has 1 N–H and O–H groups in total. The normalized spacial score (nSPS) is 10.7. The molecule has 1 heterocycles. The largest absolute Gasteiger partial charge is 0.380 e. The molecule has 0 aliphatic heterocycles. The van der Waals surface area contributed by atoms with Crippen LogP contribution in [0.5, 0.6) is 0 Å². The van der Waals surface area contributed by atoms with E-state index in [1.54, 1.807) is 0 Å². The topological polar surface area (TPSA) is 39.1 Å². The highest BCUT2D eigenvalue weighted by atomic mass is 16.5. The molecule has 0 spiro atoms. The summed E-state index contributed by atoms with van der Waals surface area (Å²) < 4.78 is 7.35. The maximum absolute atomic E-state index is 5.21. The van der Waals surface area contributed by atoms with E-state index in [-0.39, 0.29) is 0 Å². The second kappa shape index (κ2) is 6.56. The molecule has 0 unspecified atom stereocenters. The van der Waals surface area contributed by atoms with Crippen molar-refractivity contribution in [1.82, 2.24) is 14.9 Å². The number of rotatable bonds is 7. The monoisotopic (exact) mass is 197 g/mol. The van der Waals surface area contributed by atoms with E-state index in [9.17, 15) is 0 Å². The first-order valence-electron chi connectivity index (χ1n) is 5.10. The van der Waals surface area contributed by atoms with Gasteiger partial charge in [-0.15, -0.1) is 0 Å². The molecule has 4 heteroatoms. The number of imidazole rings is 1. The van der Waals surface area contributed by atoms with E-state index in [1.807, 2.05) is 26.2 Å². The molecule has 0 saturated heterocycles. The van der Waals surface area contributed by atoms with Gasteiger partial charge in [-0.1, -0.05) is 0 Å². The Hall–Kier alpha value is -0.870. The van der Waals surface area contributed by atoms with Crippen LogP contribution in [-0.4, -0.2) is 35.9 Å². The fourth-order valence-corrected chi connectivity index (χ4v) is 1.25. The Morgan fingerprint density at radius 2 is 2.36 bits per heavy atom. The van der Waals surface area contributed by atoms with Gasteiger partial charge in [0.2, 0.25) is 0 Å². The summed E-state index contributed by atoms with van der Waals surface area (Å²) in [5, 5.41) is 3.31. The van der Waals surface area contributed by atoms with Crippen LogP contribution in [0.25, 0.3) is 0 Å². The summed E-state index contributed by atoms with van der Waals surface area (Å²) in [5.74, 6) is 1.07. The summed E-state index contributed by atoms with van der Waals surface area (Å²) in [6, 6.07) is 0. The SMILES string of the molecule is CCOCCNCCn1ccnc1C. The molecule has 0 aliphatic rings. The Bertz CT molecular complexity index is 247. The lowest BCUT2D eigenvalue weighted by Gasteiger charge is -2.06. The number of nitrogens with zero attached hydrogens (tertiary/aromatic N) is 2. The molecule has 0 atom stereocenters. The van der Waals surface area contributed by atoms with Gasteiger partial charge in [-0.05, 0) is 13.8 Å². The van der Waals surface area contributed by atoms with Crippen LogP contribution in [0.3, 0.4) is 0 Å². The lowest BCUT2D eigenvalue weighted by atomic mass is 10.5. The van der Waals surface area contributed by atoms with E-state index in [4.69, 9.17) is 4.74 Å². The molecule has 1 aromatic heterocycles. The number of aryl methyl sites for hydroxylation is 1. The van der Waals surface area contributed by atoms with E-state index >= 15 is 0 Å². The Kier molecular flexibility index (Phi) is 5.25. The molecule has 0 fully saturated rings. The van der Waals surface area contributed by atoms with Crippen molar-refractivity contribution >= 4 is 0 Å². The minimum absolute atomic E-state index is 0.791. The van der Waals surface area contributed by atoms with Gasteiger partial charge in [0.15, 0.2) is 0 Å². The Morgan fingerprint density at radius 3 is 3.00 bits per heavy atom. The molecule has 0 aromatic carbocycles. The van der Waals surface area contributed by atoms with Crippen molar-refractivity contribution in [2.75, 3.05) is 26.3 Å². The Labute approximate surface area is 85.3 Å². The van der Waals surface area contributed by atoms with Crippen LogP contribution in [0.4, 0.5) is 0 Å². The average molecular weight is 197 g/mol. The molecule has 14 heavy (non-hydrogen) atoms. The van der Waals surface area contributed by atoms with Gasteiger partial charge in [0.05, 0.1) is 6.61 Å². The summed E-state index contributed by atoms with van der Waals surface area (Å²) in [6.45, 7) is 8.46. The highest BCUT2D eigenvalue weighted by molar-refractivity contribution is 4.88. The van der Waals surface area contributed by atoms with Gasteiger partial charge in [-0.25, -0.2) is 4.98 Å². The first-order chi connectivity index (χ1) is 6.84. The molecule has 4 nitrogen and oxygen atoms in total. The van der Waals surface area contributed by atoms with E-state index in [2.05, 4.69) is 14.9 Å². The van der Waals surface area contributed by atoms with Crippen molar-refractivity contribution in [3.05, 3.63) is 18.2 Å². The molecular formula is C10H19N3O. The maximum atomic E-state index is 5.21. The van der Waals surface area contributed by atoms with E-state index < -0.39 is 0 Å². The van der Waals surface area contributed by atoms with Crippen LogP contribution < -0.4 is 5.32 Å². The zero-order valence-corrected chi connectivity index (χ0v) is 8.99. The van der Waals surface area contributed by atoms with E-state index in [1.165, 1.54) is 0 Å². The van der Waals surface area contributed by atoms with Crippen molar-refractivity contribution in [3.63, 3.8) is 0 Å². The summed E-state index contributed by atoms with van der Waals surface area (Å²) in [6.07, 6.45) is 3.83. The number of hydrogen-bond donors (Lipinski definition) is 1. The van der Waals surface area contributed by atoms with Crippen molar-refractivity contribution in [1.29, 1.82) is 0 Å². The van der Waals surface area contributed by atoms with Crippen LogP contribution in [-0.2, 0) is 11.3 Å². The van der Waals surface area contributed by atoms with Crippen LogP contribution in [0.15, 0.2) is 12.4 Å². The maximum Gasteiger partial charge on any atom is 0.105 e. The van der Waals surface area contributed by atoms with Crippen molar-refractivity contribution in [3.8, 4) is 0 Å².